The van der Waals surface area contributed by atoms with E-state index in [2.05, 4.69) is 19.2 Å². The van der Waals surface area contributed by atoms with E-state index in [9.17, 15) is 10.2 Å². The van der Waals surface area contributed by atoms with Crippen LogP contribution in [0.5, 0.6) is 0 Å². The first-order chi connectivity index (χ1) is 8.54. The maximum Gasteiger partial charge on any atom is 0.0951 e. The van der Waals surface area contributed by atoms with Crippen molar-refractivity contribution in [3.05, 3.63) is 0 Å². The fraction of sp³-hybridized carbons (Fsp3) is 1.00. The quantitative estimate of drug-likeness (QED) is 0.656. The fourth-order valence-electron chi connectivity index (χ4n) is 3.10. The van der Waals surface area contributed by atoms with Crippen molar-refractivity contribution in [2.24, 2.45) is 11.8 Å². The van der Waals surface area contributed by atoms with E-state index in [-0.39, 0.29) is 6.04 Å². The van der Waals surface area contributed by atoms with E-state index in [1.807, 2.05) is 7.05 Å². The average molecular weight is 257 g/mol. The Balaban J connectivity index is 2.42. The zero-order valence-electron chi connectivity index (χ0n) is 12.2. The van der Waals surface area contributed by atoms with Crippen LogP contribution in [0.4, 0.5) is 0 Å². The van der Waals surface area contributed by atoms with Gasteiger partial charge in [-0.15, -0.1) is 0 Å². The van der Waals surface area contributed by atoms with Crippen LogP contribution in [-0.4, -0.2) is 35.5 Å². The van der Waals surface area contributed by atoms with Crippen LogP contribution in [0.2, 0.25) is 0 Å². The lowest BCUT2D eigenvalue weighted by molar-refractivity contribution is -0.0182. The molecule has 0 spiro atoms. The van der Waals surface area contributed by atoms with Crippen LogP contribution < -0.4 is 5.32 Å². The molecule has 0 aromatic heterocycles. The van der Waals surface area contributed by atoms with Crippen LogP contribution in [0.25, 0.3) is 0 Å². The molecule has 0 aliphatic heterocycles. The molecule has 0 amide bonds. The minimum atomic E-state index is -0.640. The Morgan fingerprint density at radius 3 is 2.22 bits per heavy atom. The zero-order chi connectivity index (χ0) is 13.5. The largest absolute Gasteiger partial charge is 0.390 e. The van der Waals surface area contributed by atoms with Gasteiger partial charge in [0.1, 0.15) is 0 Å². The molecule has 1 rings (SSSR count). The molecular weight excluding hydrogens is 226 g/mol. The predicted molar refractivity (Wildman–Crippen MR) is 75.5 cm³/mol. The molecule has 1 aliphatic carbocycles. The standard InChI is InChI=1S/C15H31NO2/c1-11(2)9-14(17)15(18)13(16-3)10-12-7-5-4-6-8-12/h11-18H,4-10H2,1-3H3/t13-,14-,15+/m1/s1. The van der Waals surface area contributed by atoms with Gasteiger partial charge >= 0.3 is 0 Å². The molecular formula is C15H31NO2. The van der Waals surface area contributed by atoms with Crippen molar-refractivity contribution in [1.82, 2.24) is 5.32 Å². The first-order valence-corrected chi connectivity index (χ1v) is 7.58. The Bertz CT molecular complexity index is 215. The van der Waals surface area contributed by atoms with E-state index in [0.29, 0.717) is 12.3 Å². The van der Waals surface area contributed by atoms with Gasteiger partial charge in [-0.05, 0) is 31.7 Å². The molecule has 3 N–H and O–H groups in total. The maximum atomic E-state index is 10.2. The van der Waals surface area contributed by atoms with E-state index in [4.69, 9.17) is 0 Å². The van der Waals surface area contributed by atoms with Gasteiger partial charge in [0.25, 0.3) is 0 Å². The normalized spacial score (nSPS) is 23.0. The van der Waals surface area contributed by atoms with Crippen LogP contribution in [-0.2, 0) is 0 Å². The molecule has 0 heterocycles. The van der Waals surface area contributed by atoms with Gasteiger partial charge in [-0.3, -0.25) is 0 Å². The summed E-state index contributed by atoms with van der Waals surface area (Å²) in [4.78, 5) is 0. The molecule has 3 nitrogen and oxygen atoms in total. The highest BCUT2D eigenvalue weighted by molar-refractivity contribution is 4.84. The molecule has 18 heavy (non-hydrogen) atoms. The summed E-state index contributed by atoms with van der Waals surface area (Å²) in [5.41, 5.74) is 0. The predicted octanol–water partition coefficient (Wildman–Crippen LogP) is 2.31. The number of aliphatic hydroxyl groups excluding tert-OH is 2. The van der Waals surface area contributed by atoms with Crippen LogP contribution in [0.15, 0.2) is 0 Å². The molecule has 0 aromatic carbocycles. The Kier molecular flexibility index (Phi) is 7.20. The number of hydrogen-bond donors (Lipinski definition) is 3. The zero-order valence-corrected chi connectivity index (χ0v) is 12.2. The van der Waals surface area contributed by atoms with Crippen molar-refractivity contribution in [2.45, 2.75) is 77.0 Å². The van der Waals surface area contributed by atoms with Gasteiger partial charge in [0.05, 0.1) is 12.2 Å². The van der Waals surface area contributed by atoms with Gasteiger partial charge in [-0.25, -0.2) is 0 Å². The highest BCUT2D eigenvalue weighted by Gasteiger charge is 2.28. The fourth-order valence-corrected chi connectivity index (χ4v) is 3.10. The second-order valence-corrected chi connectivity index (χ2v) is 6.32. The van der Waals surface area contributed by atoms with Crippen molar-refractivity contribution in [2.75, 3.05) is 7.05 Å². The first-order valence-electron chi connectivity index (χ1n) is 7.58. The van der Waals surface area contributed by atoms with E-state index in [1.165, 1.54) is 32.1 Å². The summed E-state index contributed by atoms with van der Waals surface area (Å²) in [6.07, 6.45) is 6.99. The van der Waals surface area contributed by atoms with Gasteiger partial charge in [0, 0.05) is 6.04 Å². The summed E-state index contributed by atoms with van der Waals surface area (Å²) >= 11 is 0. The number of likely N-dealkylation sites (N-methyl/N-ethyl adjacent to an activating group) is 1. The van der Waals surface area contributed by atoms with Crippen LogP contribution in [0.1, 0.15) is 58.8 Å². The molecule has 1 aliphatic rings. The molecule has 0 bridgehead atoms. The number of nitrogens with one attached hydrogen (secondary N) is 1. The number of aliphatic hydroxyl groups is 2. The van der Waals surface area contributed by atoms with Gasteiger partial charge in [-0.2, -0.15) is 0 Å². The lowest BCUT2D eigenvalue weighted by atomic mass is 9.82. The van der Waals surface area contributed by atoms with Gasteiger partial charge in [0.2, 0.25) is 0 Å². The Morgan fingerprint density at radius 2 is 1.72 bits per heavy atom. The van der Waals surface area contributed by atoms with Crippen LogP contribution >= 0.6 is 0 Å². The van der Waals surface area contributed by atoms with E-state index in [1.54, 1.807) is 0 Å². The van der Waals surface area contributed by atoms with Crippen LogP contribution in [0.3, 0.4) is 0 Å². The molecule has 3 atom stereocenters. The minimum Gasteiger partial charge on any atom is -0.390 e. The van der Waals surface area contributed by atoms with Crippen molar-refractivity contribution in [1.29, 1.82) is 0 Å². The summed E-state index contributed by atoms with van der Waals surface area (Å²) in [5.74, 6) is 1.14. The van der Waals surface area contributed by atoms with Gasteiger partial charge in [0.15, 0.2) is 0 Å². The Morgan fingerprint density at radius 1 is 1.11 bits per heavy atom. The van der Waals surface area contributed by atoms with E-state index in [0.717, 1.165) is 12.3 Å². The highest BCUT2D eigenvalue weighted by Crippen LogP contribution is 2.28. The Hall–Kier alpha value is -0.120. The van der Waals surface area contributed by atoms with Crippen molar-refractivity contribution < 1.29 is 10.2 Å². The van der Waals surface area contributed by atoms with Crippen LogP contribution in [0, 0.1) is 11.8 Å². The molecule has 1 fully saturated rings. The third kappa shape index (κ3) is 5.25. The lowest BCUT2D eigenvalue weighted by Crippen LogP contribution is -2.46. The average Bonchev–Trinajstić information content (AvgIpc) is 2.35. The van der Waals surface area contributed by atoms with E-state index >= 15 is 0 Å². The first kappa shape index (κ1) is 15.9. The summed E-state index contributed by atoms with van der Waals surface area (Å²) < 4.78 is 0. The number of rotatable bonds is 7. The Labute approximate surface area is 112 Å². The topological polar surface area (TPSA) is 52.5 Å². The molecule has 0 radical (unpaired) electrons. The molecule has 1 saturated carbocycles. The summed E-state index contributed by atoms with van der Waals surface area (Å²) in [5, 5.41) is 23.5. The molecule has 0 unspecified atom stereocenters. The minimum absolute atomic E-state index is 0.0295. The van der Waals surface area contributed by atoms with Crippen molar-refractivity contribution in [3.8, 4) is 0 Å². The number of hydrogen-bond acceptors (Lipinski definition) is 3. The monoisotopic (exact) mass is 257 g/mol. The third-order valence-corrected chi connectivity index (χ3v) is 4.20. The second kappa shape index (κ2) is 8.13. The molecule has 0 aromatic rings. The van der Waals surface area contributed by atoms with Crippen molar-refractivity contribution in [3.63, 3.8) is 0 Å². The third-order valence-electron chi connectivity index (χ3n) is 4.20. The highest BCUT2D eigenvalue weighted by atomic mass is 16.3. The van der Waals surface area contributed by atoms with E-state index < -0.39 is 12.2 Å². The summed E-state index contributed by atoms with van der Waals surface area (Å²) in [6, 6.07) is 0.0295. The maximum absolute atomic E-state index is 10.2. The second-order valence-electron chi connectivity index (χ2n) is 6.32. The summed E-state index contributed by atoms with van der Waals surface area (Å²) in [7, 11) is 1.89. The van der Waals surface area contributed by atoms with Gasteiger partial charge < -0.3 is 15.5 Å². The van der Waals surface area contributed by atoms with Crippen molar-refractivity contribution >= 4 is 0 Å². The summed E-state index contributed by atoms with van der Waals surface area (Å²) in [6.45, 7) is 4.15. The lowest BCUT2D eigenvalue weighted by Gasteiger charge is -2.31. The molecule has 108 valence electrons. The SMILES string of the molecule is CN[C@H](CC1CCCCC1)[C@H](O)[C@H](O)CC(C)C. The van der Waals surface area contributed by atoms with Gasteiger partial charge in [-0.1, -0.05) is 46.0 Å². The molecule has 0 saturated heterocycles. The molecule has 3 heteroatoms. The smallest absolute Gasteiger partial charge is 0.0951 e.